The Hall–Kier alpha value is -1.05. The summed E-state index contributed by atoms with van der Waals surface area (Å²) in [6, 6.07) is 0. The number of hydrogen-bond acceptors (Lipinski definition) is 2. The summed E-state index contributed by atoms with van der Waals surface area (Å²) < 4.78 is 4.72. The van der Waals surface area contributed by atoms with Crippen molar-refractivity contribution in [3.05, 3.63) is 23.8 Å². The number of carbonyl (C=O) groups excluding carboxylic acids is 1. The van der Waals surface area contributed by atoms with Crippen molar-refractivity contribution in [1.29, 1.82) is 0 Å². The van der Waals surface area contributed by atoms with Crippen LogP contribution in [0.1, 0.15) is 27.2 Å². The lowest BCUT2D eigenvalue weighted by atomic mass is 10.2. The largest absolute Gasteiger partial charge is 0.462 e. The van der Waals surface area contributed by atoms with E-state index in [2.05, 4.69) is 13.0 Å². The van der Waals surface area contributed by atoms with Gasteiger partial charge in [-0.15, -0.1) is 0 Å². The quantitative estimate of drug-likeness (QED) is 0.476. The summed E-state index contributed by atoms with van der Waals surface area (Å²) in [6.45, 7) is 5.88. The lowest BCUT2D eigenvalue weighted by Crippen LogP contribution is -1.97. The monoisotopic (exact) mass is 168 g/mol. The van der Waals surface area contributed by atoms with E-state index in [-0.39, 0.29) is 5.97 Å². The molecule has 2 heteroatoms. The molecule has 0 rings (SSSR count). The summed E-state index contributed by atoms with van der Waals surface area (Å²) in [4.78, 5) is 10.3. The van der Waals surface area contributed by atoms with Crippen molar-refractivity contribution in [2.45, 2.75) is 27.2 Å². The zero-order valence-corrected chi connectivity index (χ0v) is 7.96. The zero-order valence-electron chi connectivity index (χ0n) is 7.96. The molecule has 0 aromatic rings. The molecule has 0 aliphatic heterocycles. The molecule has 12 heavy (non-hydrogen) atoms. The molecule has 0 fully saturated rings. The van der Waals surface area contributed by atoms with Crippen LogP contribution in [-0.2, 0) is 9.53 Å². The molecule has 0 aromatic carbocycles. The molecule has 0 heterocycles. The standard InChI is InChI=1S/C10H16O2/c1-4-6-9(2)7-5-8-12-10(3)11/h5-7H,4,8H2,1-3H3. The number of esters is 1. The molecule has 0 saturated carbocycles. The molecule has 0 aliphatic carbocycles. The van der Waals surface area contributed by atoms with Gasteiger partial charge in [0.25, 0.3) is 0 Å². The van der Waals surface area contributed by atoms with E-state index in [0.29, 0.717) is 6.61 Å². The van der Waals surface area contributed by atoms with Gasteiger partial charge in [0.1, 0.15) is 6.61 Å². The van der Waals surface area contributed by atoms with E-state index < -0.39 is 0 Å². The van der Waals surface area contributed by atoms with Gasteiger partial charge in [-0.25, -0.2) is 0 Å². The summed E-state index contributed by atoms with van der Waals surface area (Å²) in [5.41, 5.74) is 1.20. The lowest BCUT2D eigenvalue weighted by Gasteiger charge is -1.94. The molecule has 2 nitrogen and oxygen atoms in total. The van der Waals surface area contributed by atoms with Gasteiger partial charge in [0.2, 0.25) is 0 Å². The van der Waals surface area contributed by atoms with E-state index in [1.54, 1.807) is 0 Å². The van der Waals surface area contributed by atoms with E-state index >= 15 is 0 Å². The fraction of sp³-hybridized carbons (Fsp3) is 0.500. The van der Waals surface area contributed by atoms with Gasteiger partial charge in [-0.1, -0.05) is 24.6 Å². The van der Waals surface area contributed by atoms with Gasteiger partial charge in [-0.05, 0) is 19.4 Å². The van der Waals surface area contributed by atoms with Crippen LogP contribution in [0.2, 0.25) is 0 Å². The highest BCUT2D eigenvalue weighted by molar-refractivity contribution is 5.66. The van der Waals surface area contributed by atoms with Crippen LogP contribution in [0.15, 0.2) is 23.8 Å². The third-order valence-electron chi connectivity index (χ3n) is 1.29. The molecule has 0 aliphatic rings. The fourth-order valence-corrected chi connectivity index (χ4v) is 0.789. The van der Waals surface area contributed by atoms with Gasteiger partial charge in [0.15, 0.2) is 0 Å². The normalized spacial score (nSPS) is 12.1. The van der Waals surface area contributed by atoms with Crippen LogP contribution in [0, 0.1) is 0 Å². The van der Waals surface area contributed by atoms with Crippen LogP contribution in [0.4, 0.5) is 0 Å². The topological polar surface area (TPSA) is 26.3 Å². The number of hydrogen-bond donors (Lipinski definition) is 0. The van der Waals surface area contributed by atoms with Crippen molar-refractivity contribution in [2.75, 3.05) is 6.61 Å². The third-order valence-corrected chi connectivity index (χ3v) is 1.29. The molecule has 0 spiro atoms. The predicted octanol–water partition coefficient (Wildman–Crippen LogP) is 2.46. The molecule has 0 unspecified atom stereocenters. The van der Waals surface area contributed by atoms with Crippen LogP contribution in [0.25, 0.3) is 0 Å². The molecule has 0 bridgehead atoms. The van der Waals surface area contributed by atoms with Crippen molar-refractivity contribution < 1.29 is 9.53 Å². The number of allylic oxidation sites excluding steroid dienone is 3. The van der Waals surface area contributed by atoms with Gasteiger partial charge in [-0.2, -0.15) is 0 Å². The summed E-state index contributed by atoms with van der Waals surface area (Å²) in [7, 11) is 0. The van der Waals surface area contributed by atoms with E-state index in [1.165, 1.54) is 12.5 Å². The zero-order chi connectivity index (χ0) is 9.40. The number of rotatable bonds is 4. The Morgan fingerprint density at radius 2 is 2.08 bits per heavy atom. The SMILES string of the molecule is CCC=C(C)C=CCOC(C)=O. The fourth-order valence-electron chi connectivity index (χ4n) is 0.789. The Morgan fingerprint density at radius 3 is 2.58 bits per heavy atom. The molecule has 0 atom stereocenters. The average molecular weight is 168 g/mol. The first-order valence-electron chi connectivity index (χ1n) is 4.13. The van der Waals surface area contributed by atoms with Gasteiger partial charge in [0, 0.05) is 6.92 Å². The van der Waals surface area contributed by atoms with Gasteiger partial charge in [0.05, 0.1) is 0 Å². The Bertz CT molecular complexity index is 190. The maximum absolute atomic E-state index is 10.3. The number of ether oxygens (including phenoxy) is 1. The first kappa shape index (κ1) is 11.0. The van der Waals surface area contributed by atoms with Crippen LogP contribution >= 0.6 is 0 Å². The second-order valence-corrected chi connectivity index (χ2v) is 2.56. The second kappa shape index (κ2) is 6.65. The van der Waals surface area contributed by atoms with Crippen molar-refractivity contribution >= 4 is 5.97 Å². The minimum absolute atomic E-state index is 0.239. The molecule has 0 N–H and O–H groups in total. The Kier molecular flexibility index (Phi) is 6.07. The minimum atomic E-state index is -0.239. The predicted molar refractivity (Wildman–Crippen MR) is 49.8 cm³/mol. The number of carbonyl (C=O) groups is 1. The molecule has 0 amide bonds. The van der Waals surface area contributed by atoms with Crippen molar-refractivity contribution in [3.63, 3.8) is 0 Å². The van der Waals surface area contributed by atoms with Gasteiger partial charge in [-0.3, -0.25) is 4.79 Å². The highest BCUT2D eigenvalue weighted by Crippen LogP contribution is 1.96. The molecule has 68 valence electrons. The highest BCUT2D eigenvalue weighted by Gasteiger charge is 1.86. The van der Waals surface area contributed by atoms with E-state index in [1.807, 2.05) is 19.1 Å². The van der Waals surface area contributed by atoms with Crippen molar-refractivity contribution in [1.82, 2.24) is 0 Å². The molecular formula is C10H16O2. The summed E-state index contributed by atoms with van der Waals surface area (Å²) in [6.07, 6.45) is 6.93. The first-order chi connectivity index (χ1) is 5.66. The smallest absolute Gasteiger partial charge is 0.302 e. The minimum Gasteiger partial charge on any atom is -0.462 e. The Labute approximate surface area is 73.9 Å². The second-order valence-electron chi connectivity index (χ2n) is 2.56. The highest BCUT2D eigenvalue weighted by atomic mass is 16.5. The van der Waals surface area contributed by atoms with Crippen molar-refractivity contribution in [2.24, 2.45) is 0 Å². The van der Waals surface area contributed by atoms with E-state index in [0.717, 1.165) is 6.42 Å². The lowest BCUT2D eigenvalue weighted by molar-refractivity contribution is -0.139. The maximum atomic E-state index is 10.3. The first-order valence-corrected chi connectivity index (χ1v) is 4.13. The van der Waals surface area contributed by atoms with Crippen LogP contribution in [0.5, 0.6) is 0 Å². The average Bonchev–Trinajstić information content (AvgIpc) is 1.98. The summed E-state index contributed by atoms with van der Waals surface area (Å²) >= 11 is 0. The molecular weight excluding hydrogens is 152 g/mol. The molecule has 0 saturated heterocycles. The van der Waals surface area contributed by atoms with Crippen LogP contribution in [-0.4, -0.2) is 12.6 Å². The van der Waals surface area contributed by atoms with E-state index in [9.17, 15) is 4.79 Å². The van der Waals surface area contributed by atoms with Gasteiger partial charge >= 0.3 is 5.97 Å². The van der Waals surface area contributed by atoms with Gasteiger partial charge < -0.3 is 4.74 Å². The van der Waals surface area contributed by atoms with Crippen molar-refractivity contribution in [3.8, 4) is 0 Å². The third kappa shape index (κ3) is 7.06. The summed E-state index contributed by atoms with van der Waals surface area (Å²) in [5.74, 6) is -0.239. The van der Waals surface area contributed by atoms with Crippen LogP contribution in [0.3, 0.4) is 0 Å². The maximum Gasteiger partial charge on any atom is 0.302 e. The van der Waals surface area contributed by atoms with E-state index in [4.69, 9.17) is 4.74 Å². The van der Waals surface area contributed by atoms with Crippen LogP contribution < -0.4 is 0 Å². The molecule has 0 aromatic heterocycles. The Morgan fingerprint density at radius 1 is 1.42 bits per heavy atom. The summed E-state index contributed by atoms with van der Waals surface area (Å²) in [5, 5.41) is 0. The molecule has 0 radical (unpaired) electrons. The Balaban J connectivity index is 3.61.